The van der Waals surface area contributed by atoms with Gasteiger partial charge in [-0.2, -0.15) is 26.3 Å². The molecule has 166 valence electrons. The Morgan fingerprint density at radius 2 is 1.50 bits per heavy atom. The van der Waals surface area contributed by atoms with Crippen molar-refractivity contribution < 1.29 is 39.9 Å². The number of halogens is 8. The lowest BCUT2D eigenvalue weighted by atomic mass is 9.95. The van der Waals surface area contributed by atoms with Gasteiger partial charge in [-0.25, -0.2) is 8.42 Å². The molecule has 0 aliphatic rings. The Morgan fingerprint density at radius 3 is 1.97 bits per heavy atom. The highest BCUT2D eigenvalue weighted by atomic mass is 35.5. The van der Waals surface area contributed by atoms with E-state index < -0.39 is 55.7 Å². The molecule has 13 heteroatoms. The van der Waals surface area contributed by atoms with Crippen molar-refractivity contribution in [2.45, 2.75) is 29.8 Å². The van der Waals surface area contributed by atoms with Gasteiger partial charge in [-0.1, -0.05) is 35.3 Å². The second kappa shape index (κ2) is 8.10. The maximum Gasteiger partial charge on any atom is 0.421 e. The van der Waals surface area contributed by atoms with Crippen LogP contribution in [0.15, 0.2) is 47.4 Å². The van der Waals surface area contributed by atoms with Gasteiger partial charge < -0.3 is 5.11 Å². The zero-order chi connectivity index (χ0) is 23.1. The fourth-order valence-corrected chi connectivity index (χ4v) is 4.58. The van der Waals surface area contributed by atoms with Gasteiger partial charge in [0.2, 0.25) is 0 Å². The molecule has 1 unspecified atom stereocenters. The molecular formula is C17H13Cl2F6NO3S. The molecule has 0 amide bonds. The van der Waals surface area contributed by atoms with Crippen molar-refractivity contribution in [3.63, 3.8) is 0 Å². The Balaban J connectivity index is 2.60. The van der Waals surface area contributed by atoms with Gasteiger partial charge in [0, 0.05) is 5.02 Å². The summed E-state index contributed by atoms with van der Waals surface area (Å²) < 4.78 is 104. The Bertz CT molecular complexity index is 1020. The van der Waals surface area contributed by atoms with Crippen molar-refractivity contribution in [2.75, 3.05) is 10.8 Å². The van der Waals surface area contributed by atoms with Crippen LogP contribution in [-0.4, -0.2) is 32.4 Å². The first-order valence-corrected chi connectivity index (χ1v) is 10.1. The molecule has 1 atom stereocenters. The van der Waals surface area contributed by atoms with Gasteiger partial charge in [-0.3, -0.25) is 4.31 Å². The van der Waals surface area contributed by atoms with Crippen LogP contribution < -0.4 is 4.31 Å². The van der Waals surface area contributed by atoms with Gasteiger partial charge in [-0.05, 0) is 42.8 Å². The minimum Gasteiger partial charge on any atom is -0.376 e. The third-order valence-corrected chi connectivity index (χ3v) is 6.54. The lowest BCUT2D eigenvalue weighted by Crippen LogP contribution is -2.40. The first-order valence-electron chi connectivity index (χ1n) is 7.91. The number of sulfonamides is 1. The minimum atomic E-state index is -5.07. The fraction of sp³-hybridized carbons (Fsp3) is 0.294. The molecule has 2 aromatic rings. The summed E-state index contributed by atoms with van der Waals surface area (Å²) in [6, 6.07) is 5.96. The average Bonchev–Trinajstić information content (AvgIpc) is 2.60. The summed E-state index contributed by atoms with van der Waals surface area (Å²) >= 11 is 11.5. The number of nitrogens with zero attached hydrogens (tertiary/aromatic N) is 1. The number of hydrogen-bond donors (Lipinski definition) is 1. The van der Waals surface area contributed by atoms with Crippen molar-refractivity contribution in [1.82, 2.24) is 0 Å². The van der Waals surface area contributed by atoms with Gasteiger partial charge in [0.25, 0.3) is 10.0 Å². The van der Waals surface area contributed by atoms with E-state index in [4.69, 9.17) is 23.2 Å². The van der Waals surface area contributed by atoms with E-state index in [1.807, 2.05) is 0 Å². The van der Waals surface area contributed by atoms with E-state index in [1.54, 1.807) is 0 Å². The third-order valence-electron chi connectivity index (χ3n) is 4.05. The quantitative estimate of drug-likeness (QED) is 0.555. The molecule has 0 aliphatic carbocycles. The highest BCUT2D eigenvalue weighted by Gasteiger charge is 2.51. The zero-order valence-electron chi connectivity index (χ0n) is 14.9. The summed E-state index contributed by atoms with van der Waals surface area (Å²) in [6.45, 7) is -1.52. The standard InChI is InChI=1S/C17H13Cl2F6NO3S/c1-15(27,17(23,24)25)10-2-5-12(6-3-10)26(9-16(20,21)22)30(28,29)14-8-11(18)4-7-13(14)19/h2-8,27H,9H2,1H3. The van der Waals surface area contributed by atoms with Crippen LogP contribution in [0.2, 0.25) is 10.0 Å². The molecule has 0 heterocycles. The molecular weight excluding hydrogens is 483 g/mol. The Labute approximate surface area is 177 Å². The highest BCUT2D eigenvalue weighted by molar-refractivity contribution is 7.93. The molecule has 0 saturated heterocycles. The monoisotopic (exact) mass is 495 g/mol. The summed E-state index contributed by atoms with van der Waals surface area (Å²) in [5, 5.41) is 9.16. The maximum absolute atomic E-state index is 13.1. The number of aliphatic hydroxyl groups is 1. The second-order valence-corrected chi connectivity index (χ2v) is 8.99. The molecule has 1 N–H and O–H groups in total. The third kappa shape index (κ3) is 5.13. The summed E-state index contributed by atoms with van der Waals surface area (Å²) in [7, 11) is -4.90. The van der Waals surface area contributed by atoms with Crippen molar-refractivity contribution >= 4 is 38.9 Å². The van der Waals surface area contributed by atoms with Crippen LogP contribution in [0.3, 0.4) is 0 Å². The van der Waals surface area contributed by atoms with E-state index in [0.717, 1.165) is 24.3 Å². The van der Waals surface area contributed by atoms with E-state index in [1.165, 1.54) is 6.07 Å². The number of benzene rings is 2. The Kier molecular flexibility index (Phi) is 6.64. The predicted molar refractivity (Wildman–Crippen MR) is 99.1 cm³/mol. The number of anilines is 1. The first kappa shape index (κ1) is 24.6. The van der Waals surface area contributed by atoms with Crippen LogP contribution in [0.1, 0.15) is 12.5 Å². The molecule has 30 heavy (non-hydrogen) atoms. The van der Waals surface area contributed by atoms with Gasteiger partial charge in [0.15, 0.2) is 5.60 Å². The molecule has 0 radical (unpaired) electrons. The van der Waals surface area contributed by atoms with Crippen LogP contribution in [0, 0.1) is 0 Å². The van der Waals surface area contributed by atoms with Crippen LogP contribution in [-0.2, 0) is 15.6 Å². The SMILES string of the molecule is CC(O)(c1ccc(N(CC(F)(F)F)S(=O)(=O)c2cc(Cl)ccc2Cl)cc1)C(F)(F)F. The largest absolute Gasteiger partial charge is 0.421 e. The summed E-state index contributed by atoms with van der Waals surface area (Å²) in [5.41, 5.74) is -4.58. The molecule has 2 rings (SSSR count). The van der Waals surface area contributed by atoms with E-state index in [2.05, 4.69) is 0 Å². The van der Waals surface area contributed by atoms with Crippen molar-refractivity contribution in [3.8, 4) is 0 Å². The Morgan fingerprint density at radius 1 is 0.967 bits per heavy atom. The molecule has 0 aliphatic heterocycles. The van der Waals surface area contributed by atoms with Crippen LogP contribution in [0.25, 0.3) is 0 Å². The molecule has 0 bridgehead atoms. The van der Waals surface area contributed by atoms with Gasteiger partial charge in [0.1, 0.15) is 11.4 Å². The number of rotatable bonds is 5. The van der Waals surface area contributed by atoms with Crippen molar-refractivity contribution in [2.24, 2.45) is 0 Å². The van der Waals surface area contributed by atoms with E-state index in [0.29, 0.717) is 19.1 Å². The molecule has 4 nitrogen and oxygen atoms in total. The van der Waals surface area contributed by atoms with Crippen molar-refractivity contribution in [3.05, 3.63) is 58.1 Å². The lowest BCUT2D eigenvalue weighted by molar-refractivity contribution is -0.258. The normalized spacial score (nSPS) is 15.0. The molecule has 0 saturated carbocycles. The van der Waals surface area contributed by atoms with Gasteiger partial charge in [-0.15, -0.1) is 0 Å². The van der Waals surface area contributed by atoms with Gasteiger partial charge in [0.05, 0.1) is 10.7 Å². The van der Waals surface area contributed by atoms with Crippen LogP contribution in [0.5, 0.6) is 0 Å². The van der Waals surface area contributed by atoms with E-state index >= 15 is 0 Å². The first-order chi connectivity index (χ1) is 13.5. The summed E-state index contributed by atoms with van der Waals surface area (Å²) in [5.74, 6) is 0. The minimum absolute atomic E-state index is 0.0589. The van der Waals surface area contributed by atoms with Crippen LogP contribution >= 0.6 is 23.2 Å². The smallest absolute Gasteiger partial charge is 0.376 e. The van der Waals surface area contributed by atoms with E-state index in [9.17, 15) is 39.9 Å². The fourth-order valence-electron chi connectivity index (χ4n) is 2.39. The molecule has 0 aromatic heterocycles. The van der Waals surface area contributed by atoms with Crippen molar-refractivity contribution in [1.29, 1.82) is 0 Å². The Hall–Kier alpha value is -1.69. The maximum atomic E-state index is 13.1. The van der Waals surface area contributed by atoms with Gasteiger partial charge >= 0.3 is 12.4 Å². The average molecular weight is 496 g/mol. The topological polar surface area (TPSA) is 57.6 Å². The predicted octanol–water partition coefficient (Wildman–Crippen LogP) is 5.52. The number of hydrogen-bond acceptors (Lipinski definition) is 3. The van der Waals surface area contributed by atoms with Crippen LogP contribution in [0.4, 0.5) is 32.0 Å². The zero-order valence-corrected chi connectivity index (χ0v) is 17.2. The number of alkyl halides is 6. The highest BCUT2D eigenvalue weighted by Crippen LogP contribution is 2.40. The second-order valence-electron chi connectivity index (χ2n) is 6.32. The molecule has 2 aromatic carbocycles. The molecule has 0 fully saturated rings. The molecule has 0 spiro atoms. The lowest BCUT2D eigenvalue weighted by Gasteiger charge is -2.29. The summed E-state index contributed by atoms with van der Waals surface area (Å²) in [4.78, 5) is -0.715. The summed E-state index contributed by atoms with van der Waals surface area (Å²) in [6.07, 6.45) is -10.1. The van der Waals surface area contributed by atoms with E-state index in [-0.39, 0.29) is 9.33 Å².